The molecule has 0 unspecified atom stereocenters. The molecular formula is C18H27N3O5. The van der Waals surface area contributed by atoms with Crippen molar-refractivity contribution < 1.29 is 14.3 Å². The number of nitrogens with zero attached hydrogens (tertiary/aromatic N) is 2. The van der Waals surface area contributed by atoms with Crippen LogP contribution in [-0.2, 0) is 23.1 Å². The van der Waals surface area contributed by atoms with Gasteiger partial charge >= 0.3 is 11.7 Å². The SMILES string of the molecule is CC(C)Cn1c(N)c(C(=O)COC(=O)CC2CCCC2)c(=O)n(C)c1=O. The first-order chi connectivity index (χ1) is 12.2. The topological polar surface area (TPSA) is 113 Å². The number of nitrogen functional groups attached to an aromatic ring is 1. The number of carbonyl (C=O) groups is 2. The number of nitrogens with two attached hydrogens (primary N) is 1. The lowest BCUT2D eigenvalue weighted by Gasteiger charge is -2.16. The van der Waals surface area contributed by atoms with E-state index < -0.39 is 29.6 Å². The van der Waals surface area contributed by atoms with E-state index in [0.717, 1.165) is 30.3 Å². The zero-order valence-corrected chi connectivity index (χ0v) is 15.6. The van der Waals surface area contributed by atoms with Crippen LogP contribution < -0.4 is 17.0 Å². The van der Waals surface area contributed by atoms with Crippen molar-refractivity contribution in [3.05, 3.63) is 26.4 Å². The maximum atomic E-state index is 12.4. The van der Waals surface area contributed by atoms with Crippen LogP contribution in [-0.4, -0.2) is 27.5 Å². The molecule has 1 saturated carbocycles. The normalized spacial score (nSPS) is 14.8. The molecule has 1 aliphatic rings. The molecule has 0 bridgehead atoms. The fourth-order valence-corrected chi connectivity index (χ4v) is 3.31. The van der Waals surface area contributed by atoms with E-state index in [1.807, 2.05) is 13.8 Å². The summed E-state index contributed by atoms with van der Waals surface area (Å²) in [6.45, 7) is 3.51. The van der Waals surface area contributed by atoms with Crippen molar-refractivity contribution in [2.45, 2.75) is 52.5 Å². The zero-order chi connectivity index (χ0) is 19.4. The number of hydrogen-bond acceptors (Lipinski definition) is 6. The van der Waals surface area contributed by atoms with Gasteiger partial charge in [-0.25, -0.2) is 4.79 Å². The first kappa shape index (κ1) is 19.9. The number of carbonyl (C=O) groups excluding carboxylic acids is 2. The lowest BCUT2D eigenvalue weighted by Crippen LogP contribution is -2.43. The number of rotatable bonds is 7. The molecule has 1 fully saturated rings. The molecule has 1 aliphatic carbocycles. The van der Waals surface area contributed by atoms with Gasteiger partial charge in [0.2, 0.25) is 5.78 Å². The third kappa shape index (κ3) is 4.42. The second-order valence-corrected chi connectivity index (χ2v) is 7.35. The maximum absolute atomic E-state index is 12.4. The Balaban J connectivity index is 2.17. The average molecular weight is 365 g/mol. The monoisotopic (exact) mass is 365 g/mol. The Bertz CT molecular complexity index is 800. The van der Waals surface area contributed by atoms with Crippen LogP contribution in [0.1, 0.15) is 56.3 Å². The summed E-state index contributed by atoms with van der Waals surface area (Å²) in [5.41, 5.74) is 4.28. The zero-order valence-electron chi connectivity index (χ0n) is 15.6. The maximum Gasteiger partial charge on any atom is 0.332 e. The van der Waals surface area contributed by atoms with Crippen LogP contribution in [0.4, 0.5) is 5.82 Å². The minimum atomic E-state index is -0.774. The third-order valence-corrected chi connectivity index (χ3v) is 4.70. The Morgan fingerprint density at radius 2 is 1.85 bits per heavy atom. The average Bonchev–Trinajstić information content (AvgIpc) is 3.08. The molecule has 0 aromatic carbocycles. The van der Waals surface area contributed by atoms with Gasteiger partial charge in [-0.3, -0.25) is 23.5 Å². The van der Waals surface area contributed by atoms with Crippen molar-refractivity contribution >= 4 is 17.6 Å². The van der Waals surface area contributed by atoms with Crippen LogP contribution in [0.15, 0.2) is 9.59 Å². The highest BCUT2D eigenvalue weighted by atomic mass is 16.5. The Kier molecular flexibility index (Phi) is 6.39. The molecule has 1 heterocycles. The summed E-state index contributed by atoms with van der Waals surface area (Å²) in [4.78, 5) is 48.9. The molecule has 144 valence electrons. The number of aromatic nitrogens is 2. The van der Waals surface area contributed by atoms with E-state index in [9.17, 15) is 19.2 Å². The van der Waals surface area contributed by atoms with Gasteiger partial charge < -0.3 is 10.5 Å². The summed E-state index contributed by atoms with van der Waals surface area (Å²) in [5.74, 6) is -0.914. The van der Waals surface area contributed by atoms with E-state index in [0.29, 0.717) is 5.92 Å². The minimum absolute atomic E-state index is 0.0969. The van der Waals surface area contributed by atoms with E-state index in [2.05, 4.69) is 0 Å². The lowest BCUT2D eigenvalue weighted by atomic mass is 10.0. The third-order valence-electron chi connectivity index (χ3n) is 4.70. The summed E-state index contributed by atoms with van der Waals surface area (Å²) in [6, 6.07) is 0. The van der Waals surface area contributed by atoms with Crippen molar-refractivity contribution in [1.29, 1.82) is 0 Å². The molecule has 0 atom stereocenters. The fraction of sp³-hybridized carbons (Fsp3) is 0.667. The molecule has 0 amide bonds. The Morgan fingerprint density at radius 3 is 2.42 bits per heavy atom. The number of ketones is 1. The number of anilines is 1. The molecule has 1 aromatic rings. The van der Waals surface area contributed by atoms with Crippen molar-refractivity contribution in [2.75, 3.05) is 12.3 Å². The van der Waals surface area contributed by atoms with Gasteiger partial charge in [-0.05, 0) is 24.7 Å². The van der Waals surface area contributed by atoms with Gasteiger partial charge in [-0.15, -0.1) is 0 Å². The van der Waals surface area contributed by atoms with Crippen LogP contribution in [0.3, 0.4) is 0 Å². The standard InChI is InChI=1S/C18H27N3O5/c1-11(2)9-21-16(19)15(17(24)20(3)18(21)25)13(22)10-26-14(23)8-12-6-4-5-7-12/h11-12H,4-10,19H2,1-3H3. The number of ether oxygens (including phenoxy) is 1. The second kappa shape index (κ2) is 8.33. The molecule has 0 spiro atoms. The molecule has 0 aliphatic heterocycles. The molecular weight excluding hydrogens is 338 g/mol. The van der Waals surface area contributed by atoms with Gasteiger partial charge in [0.1, 0.15) is 11.4 Å². The quantitative estimate of drug-likeness (QED) is 0.571. The smallest absolute Gasteiger partial charge is 0.332 e. The highest BCUT2D eigenvalue weighted by molar-refractivity contribution is 6.01. The Hall–Kier alpha value is -2.38. The summed E-state index contributed by atoms with van der Waals surface area (Å²) in [6.07, 6.45) is 4.50. The first-order valence-electron chi connectivity index (χ1n) is 9.00. The molecule has 1 aromatic heterocycles. The van der Waals surface area contributed by atoms with Crippen molar-refractivity contribution in [3.63, 3.8) is 0 Å². The number of Topliss-reactive ketones (excluding diaryl/α,β-unsaturated/α-hetero) is 1. The van der Waals surface area contributed by atoms with Crippen LogP contribution in [0.5, 0.6) is 0 Å². The largest absolute Gasteiger partial charge is 0.457 e. The molecule has 8 heteroatoms. The highest BCUT2D eigenvalue weighted by Gasteiger charge is 2.24. The fourth-order valence-electron chi connectivity index (χ4n) is 3.31. The van der Waals surface area contributed by atoms with E-state index >= 15 is 0 Å². The van der Waals surface area contributed by atoms with Crippen molar-refractivity contribution in [3.8, 4) is 0 Å². The lowest BCUT2D eigenvalue weighted by molar-refractivity contribution is -0.143. The Morgan fingerprint density at radius 1 is 1.23 bits per heavy atom. The van der Waals surface area contributed by atoms with Crippen molar-refractivity contribution in [2.24, 2.45) is 18.9 Å². The number of esters is 1. The van der Waals surface area contributed by atoms with Gasteiger partial charge in [0.15, 0.2) is 6.61 Å². The summed E-state index contributed by atoms with van der Waals surface area (Å²) in [5, 5.41) is 0. The predicted octanol–water partition coefficient (Wildman–Crippen LogP) is 1.09. The molecule has 0 saturated heterocycles. The van der Waals surface area contributed by atoms with Crippen molar-refractivity contribution in [1.82, 2.24) is 9.13 Å². The Labute approximate surface area is 151 Å². The summed E-state index contributed by atoms with van der Waals surface area (Å²) >= 11 is 0. The van der Waals surface area contributed by atoms with Crippen LogP contribution in [0, 0.1) is 11.8 Å². The van der Waals surface area contributed by atoms with Crippen LogP contribution in [0.25, 0.3) is 0 Å². The van der Waals surface area contributed by atoms with Gasteiger partial charge in [0.25, 0.3) is 5.56 Å². The van der Waals surface area contributed by atoms with Crippen LogP contribution in [0.2, 0.25) is 0 Å². The molecule has 0 radical (unpaired) electrons. The second-order valence-electron chi connectivity index (χ2n) is 7.35. The van der Waals surface area contributed by atoms with E-state index in [1.165, 1.54) is 11.6 Å². The molecule has 2 N–H and O–H groups in total. The molecule has 26 heavy (non-hydrogen) atoms. The van der Waals surface area contributed by atoms with Gasteiger partial charge in [-0.1, -0.05) is 26.7 Å². The summed E-state index contributed by atoms with van der Waals surface area (Å²) < 4.78 is 7.10. The minimum Gasteiger partial charge on any atom is -0.457 e. The van der Waals surface area contributed by atoms with Crippen LogP contribution >= 0.6 is 0 Å². The highest BCUT2D eigenvalue weighted by Crippen LogP contribution is 2.27. The van der Waals surface area contributed by atoms with E-state index in [4.69, 9.17) is 10.5 Å². The van der Waals surface area contributed by atoms with E-state index in [-0.39, 0.29) is 30.3 Å². The predicted molar refractivity (Wildman–Crippen MR) is 97.1 cm³/mol. The first-order valence-corrected chi connectivity index (χ1v) is 9.00. The number of hydrogen-bond donors (Lipinski definition) is 1. The molecule has 8 nitrogen and oxygen atoms in total. The van der Waals surface area contributed by atoms with Gasteiger partial charge in [0, 0.05) is 20.0 Å². The molecule has 2 rings (SSSR count). The van der Waals surface area contributed by atoms with E-state index in [1.54, 1.807) is 0 Å². The summed E-state index contributed by atoms with van der Waals surface area (Å²) in [7, 11) is 1.30. The van der Waals surface area contributed by atoms with Gasteiger partial charge in [0.05, 0.1) is 0 Å². The van der Waals surface area contributed by atoms with Gasteiger partial charge in [-0.2, -0.15) is 0 Å².